The summed E-state index contributed by atoms with van der Waals surface area (Å²) in [5.74, 6) is 0.778. The molecule has 5 nitrogen and oxygen atoms in total. The fourth-order valence-corrected chi connectivity index (χ4v) is 2.44. The van der Waals surface area contributed by atoms with Gasteiger partial charge in [-0.1, -0.05) is 0 Å². The zero-order valence-electron chi connectivity index (χ0n) is 11.0. The Labute approximate surface area is 109 Å². The van der Waals surface area contributed by atoms with E-state index in [1.165, 1.54) is 0 Å². The summed E-state index contributed by atoms with van der Waals surface area (Å²) in [7, 11) is 0. The first kappa shape index (κ1) is 13.8. The van der Waals surface area contributed by atoms with E-state index in [4.69, 9.17) is 9.47 Å². The molecule has 18 heavy (non-hydrogen) atoms. The van der Waals surface area contributed by atoms with E-state index < -0.39 is 0 Å². The number of ether oxygens (including phenoxy) is 2. The van der Waals surface area contributed by atoms with Crippen molar-refractivity contribution >= 4 is 5.91 Å². The summed E-state index contributed by atoms with van der Waals surface area (Å²) < 4.78 is 10.6. The summed E-state index contributed by atoms with van der Waals surface area (Å²) in [4.78, 5) is 11.7. The largest absolute Gasteiger partial charge is 0.381 e. The van der Waals surface area contributed by atoms with Crippen LogP contribution in [0.4, 0.5) is 0 Å². The monoisotopic (exact) mass is 256 g/mol. The van der Waals surface area contributed by atoms with Crippen molar-refractivity contribution in [3.05, 3.63) is 0 Å². The highest BCUT2D eigenvalue weighted by molar-refractivity contribution is 5.78. The van der Waals surface area contributed by atoms with Crippen LogP contribution in [0.1, 0.15) is 25.7 Å². The van der Waals surface area contributed by atoms with Gasteiger partial charge < -0.3 is 20.1 Å². The first-order valence-electron chi connectivity index (χ1n) is 7.00. The minimum Gasteiger partial charge on any atom is -0.381 e. The molecular weight excluding hydrogens is 232 g/mol. The Bertz CT molecular complexity index is 249. The van der Waals surface area contributed by atoms with Gasteiger partial charge in [0, 0.05) is 32.5 Å². The molecule has 1 unspecified atom stereocenters. The smallest absolute Gasteiger partial charge is 0.234 e. The Kier molecular flexibility index (Phi) is 5.90. The molecule has 1 amide bonds. The van der Waals surface area contributed by atoms with E-state index in [0.717, 1.165) is 58.7 Å². The molecule has 5 heteroatoms. The lowest BCUT2D eigenvalue weighted by Crippen LogP contribution is -2.43. The van der Waals surface area contributed by atoms with Gasteiger partial charge in [0.15, 0.2) is 0 Å². The van der Waals surface area contributed by atoms with Crippen molar-refractivity contribution < 1.29 is 14.3 Å². The molecule has 2 heterocycles. The van der Waals surface area contributed by atoms with Gasteiger partial charge in [-0.3, -0.25) is 4.79 Å². The van der Waals surface area contributed by atoms with E-state index >= 15 is 0 Å². The van der Waals surface area contributed by atoms with Crippen LogP contribution in [0, 0.1) is 5.92 Å². The van der Waals surface area contributed by atoms with Crippen LogP contribution in [0.3, 0.4) is 0 Å². The van der Waals surface area contributed by atoms with Crippen molar-refractivity contribution in [2.75, 3.05) is 39.5 Å². The number of hydrogen-bond donors (Lipinski definition) is 2. The van der Waals surface area contributed by atoms with Crippen molar-refractivity contribution in [2.24, 2.45) is 5.92 Å². The fraction of sp³-hybridized carbons (Fsp3) is 0.923. The lowest BCUT2D eigenvalue weighted by atomic mass is 10.1. The van der Waals surface area contributed by atoms with Gasteiger partial charge in [-0.2, -0.15) is 0 Å². The summed E-state index contributed by atoms with van der Waals surface area (Å²) in [5.41, 5.74) is 0. The predicted molar refractivity (Wildman–Crippen MR) is 68.4 cm³/mol. The van der Waals surface area contributed by atoms with Crippen LogP contribution in [-0.2, 0) is 14.3 Å². The molecule has 2 N–H and O–H groups in total. The Balaban J connectivity index is 1.48. The molecule has 0 saturated carbocycles. The summed E-state index contributed by atoms with van der Waals surface area (Å²) >= 11 is 0. The number of carbonyl (C=O) groups excluding carboxylic acids is 1. The molecule has 1 atom stereocenters. The van der Waals surface area contributed by atoms with E-state index in [2.05, 4.69) is 10.6 Å². The Morgan fingerprint density at radius 2 is 1.89 bits per heavy atom. The second-order valence-electron chi connectivity index (χ2n) is 5.15. The maximum absolute atomic E-state index is 11.7. The molecule has 104 valence electrons. The second-order valence-corrected chi connectivity index (χ2v) is 5.15. The van der Waals surface area contributed by atoms with Crippen LogP contribution in [0.5, 0.6) is 0 Å². The van der Waals surface area contributed by atoms with Crippen LogP contribution in [0.15, 0.2) is 0 Å². The normalized spacial score (nSPS) is 25.2. The number of nitrogens with one attached hydrogen (secondary N) is 2. The average Bonchev–Trinajstić information content (AvgIpc) is 2.89. The second kappa shape index (κ2) is 7.71. The Hall–Kier alpha value is -0.650. The van der Waals surface area contributed by atoms with Crippen molar-refractivity contribution in [3.63, 3.8) is 0 Å². The molecule has 2 rings (SSSR count). The number of amides is 1. The highest BCUT2D eigenvalue weighted by atomic mass is 16.5. The summed E-state index contributed by atoms with van der Waals surface area (Å²) in [6.45, 7) is 4.63. The molecule has 0 aromatic rings. The SMILES string of the molecule is O=C(CNCCC1CCOC1)NC1CCOCC1. The average molecular weight is 256 g/mol. The highest BCUT2D eigenvalue weighted by Crippen LogP contribution is 2.14. The standard InChI is InChI=1S/C13H24N2O3/c16-13(15-12-3-7-17-8-4-12)9-14-5-1-11-2-6-18-10-11/h11-12,14H,1-10H2,(H,15,16). The quantitative estimate of drug-likeness (QED) is 0.671. The summed E-state index contributed by atoms with van der Waals surface area (Å²) in [6.07, 6.45) is 4.14. The maximum Gasteiger partial charge on any atom is 0.234 e. The molecule has 0 aromatic carbocycles. The van der Waals surface area contributed by atoms with Crippen LogP contribution < -0.4 is 10.6 Å². The Morgan fingerprint density at radius 3 is 2.61 bits per heavy atom. The molecule has 0 aromatic heterocycles. The maximum atomic E-state index is 11.7. The van der Waals surface area contributed by atoms with Crippen LogP contribution in [0.2, 0.25) is 0 Å². The zero-order valence-corrected chi connectivity index (χ0v) is 11.0. The highest BCUT2D eigenvalue weighted by Gasteiger charge is 2.17. The minimum atomic E-state index is 0.101. The summed E-state index contributed by atoms with van der Waals surface area (Å²) in [6, 6.07) is 0.302. The van der Waals surface area contributed by atoms with Gasteiger partial charge in [0.1, 0.15) is 0 Å². The van der Waals surface area contributed by atoms with Crippen molar-refractivity contribution in [3.8, 4) is 0 Å². The van der Waals surface area contributed by atoms with Gasteiger partial charge >= 0.3 is 0 Å². The molecule has 2 aliphatic rings. The molecule has 0 radical (unpaired) electrons. The van der Waals surface area contributed by atoms with Crippen molar-refractivity contribution in [2.45, 2.75) is 31.7 Å². The number of carbonyl (C=O) groups is 1. The molecule has 0 aliphatic carbocycles. The minimum absolute atomic E-state index is 0.101. The predicted octanol–water partition coefficient (Wildman–Crippen LogP) is 0.298. The molecule has 2 fully saturated rings. The fourth-order valence-electron chi connectivity index (χ4n) is 2.44. The lowest BCUT2D eigenvalue weighted by Gasteiger charge is -2.23. The van der Waals surface area contributed by atoms with Crippen molar-refractivity contribution in [1.29, 1.82) is 0 Å². The summed E-state index contributed by atoms with van der Waals surface area (Å²) in [5, 5.41) is 6.24. The Morgan fingerprint density at radius 1 is 1.11 bits per heavy atom. The van der Waals surface area contributed by atoms with Gasteiger partial charge in [-0.25, -0.2) is 0 Å². The third kappa shape index (κ3) is 4.92. The van der Waals surface area contributed by atoms with E-state index in [9.17, 15) is 4.79 Å². The zero-order chi connectivity index (χ0) is 12.6. The topological polar surface area (TPSA) is 59.6 Å². The van der Waals surface area contributed by atoms with Crippen LogP contribution in [-0.4, -0.2) is 51.5 Å². The van der Waals surface area contributed by atoms with Gasteiger partial charge in [0.05, 0.1) is 6.54 Å². The third-order valence-electron chi connectivity index (χ3n) is 3.63. The van der Waals surface area contributed by atoms with E-state index in [1.807, 2.05) is 0 Å². The van der Waals surface area contributed by atoms with Gasteiger partial charge in [-0.15, -0.1) is 0 Å². The van der Waals surface area contributed by atoms with Gasteiger partial charge in [0.25, 0.3) is 0 Å². The first-order chi connectivity index (χ1) is 8.84. The van der Waals surface area contributed by atoms with Gasteiger partial charge in [0.2, 0.25) is 5.91 Å². The van der Waals surface area contributed by atoms with Crippen molar-refractivity contribution in [1.82, 2.24) is 10.6 Å². The van der Waals surface area contributed by atoms with Crippen LogP contribution >= 0.6 is 0 Å². The molecule has 0 bridgehead atoms. The van der Waals surface area contributed by atoms with E-state index in [0.29, 0.717) is 18.5 Å². The van der Waals surface area contributed by atoms with Crippen LogP contribution in [0.25, 0.3) is 0 Å². The van der Waals surface area contributed by atoms with E-state index in [1.54, 1.807) is 0 Å². The molecule has 2 saturated heterocycles. The van der Waals surface area contributed by atoms with Gasteiger partial charge in [-0.05, 0) is 38.1 Å². The number of rotatable bonds is 6. The molecular formula is C13H24N2O3. The third-order valence-corrected chi connectivity index (χ3v) is 3.63. The van der Waals surface area contributed by atoms with E-state index in [-0.39, 0.29) is 5.91 Å². The molecule has 0 spiro atoms. The molecule has 2 aliphatic heterocycles. The lowest BCUT2D eigenvalue weighted by molar-refractivity contribution is -0.121. The first-order valence-corrected chi connectivity index (χ1v) is 7.00. The number of hydrogen-bond acceptors (Lipinski definition) is 4.